The van der Waals surface area contributed by atoms with Crippen LogP contribution in [0.5, 0.6) is 0 Å². The molecule has 1 aliphatic rings. The van der Waals surface area contributed by atoms with Gasteiger partial charge in [0.2, 0.25) is 0 Å². The van der Waals surface area contributed by atoms with E-state index in [1.165, 1.54) is 19.3 Å². The van der Waals surface area contributed by atoms with Crippen molar-refractivity contribution >= 4 is 23.2 Å². The van der Waals surface area contributed by atoms with Crippen LogP contribution in [-0.2, 0) is 0 Å². The van der Waals surface area contributed by atoms with E-state index in [0.29, 0.717) is 23.8 Å². The molecule has 1 aliphatic carbocycles. The topological polar surface area (TPSA) is 139 Å². The van der Waals surface area contributed by atoms with Crippen molar-refractivity contribution in [2.24, 2.45) is 0 Å². The Morgan fingerprint density at radius 3 is 2.74 bits per heavy atom. The Bertz CT molecular complexity index is 1390. The summed E-state index contributed by atoms with van der Waals surface area (Å²) in [6.07, 6.45) is 11.1. The van der Waals surface area contributed by atoms with Crippen LogP contribution >= 0.6 is 11.3 Å². The third-order valence-corrected chi connectivity index (χ3v) is 6.89. The predicted molar refractivity (Wildman–Crippen MR) is 133 cm³/mol. The first-order chi connectivity index (χ1) is 17.1. The number of rotatable bonds is 6. The molecule has 35 heavy (non-hydrogen) atoms. The first-order valence-electron chi connectivity index (χ1n) is 11.6. The fraction of sp³-hybridized carbons (Fsp3) is 0.333. The molecule has 1 saturated carbocycles. The van der Waals surface area contributed by atoms with Gasteiger partial charge in [0.25, 0.3) is 5.89 Å². The fourth-order valence-electron chi connectivity index (χ4n) is 4.31. The second-order valence-electron chi connectivity index (χ2n) is 8.39. The van der Waals surface area contributed by atoms with Crippen LogP contribution in [0.15, 0.2) is 45.3 Å². The molecule has 0 saturated heterocycles. The molecule has 180 valence electrons. The van der Waals surface area contributed by atoms with E-state index >= 15 is 0 Å². The van der Waals surface area contributed by atoms with Gasteiger partial charge in [-0.2, -0.15) is 0 Å². The fourth-order valence-corrected chi connectivity index (χ4v) is 5.24. The second-order valence-corrected chi connectivity index (χ2v) is 9.25. The van der Waals surface area contributed by atoms with Crippen LogP contribution in [0.4, 0.5) is 10.6 Å². The number of hydrogen-bond donors (Lipinski definition) is 3. The van der Waals surface area contributed by atoms with Gasteiger partial charge in [0, 0.05) is 53.1 Å². The van der Waals surface area contributed by atoms with Gasteiger partial charge in [-0.1, -0.05) is 19.3 Å². The van der Waals surface area contributed by atoms with Gasteiger partial charge in [-0.3, -0.25) is 10.3 Å². The number of aromatic nitrogens is 5. The number of nitrogens with one attached hydrogen (secondary N) is 3. The van der Waals surface area contributed by atoms with Gasteiger partial charge in [-0.25, -0.2) is 24.7 Å². The molecule has 4 aromatic heterocycles. The molecule has 0 atom stereocenters. The Morgan fingerprint density at radius 2 is 1.97 bits per heavy atom. The van der Waals surface area contributed by atoms with E-state index in [0.717, 1.165) is 40.2 Å². The maximum atomic E-state index is 12.1. The highest BCUT2D eigenvalue weighted by Gasteiger charge is 2.21. The van der Waals surface area contributed by atoms with Gasteiger partial charge in [0.15, 0.2) is 0 Å². The molecular formula is C24H25N7O3S. The number of anilines is 1. The normalized spacial score (nSPS) is 14.1. The first-order valence-corrected chi connectivity index (χ1v) is 12.5. The highest BCUT2D eigenvalue weighted by atomic mass is 32.1. The summed E-state index contributed by atoms with van der Waals surface area (Å²) in [4.78, 5) is 37.3. The molecule has 4 heterocycles. The minimum Gasteiger partial charge on any atom is -0.388 e. The van der Waals surface area contributed by atoms with Crippen molar-refractivity contribution in [3.63, 3.8) is 0 Å². The average Bonchev–Trinajstić information content (AvgIpc) is 3.54. The number of urea groups is 1. The standard InChI is InChI=1S/C24H25N7O3S/c1-2-26-23(32)29-20-9-17(22-28-19(13-35-22)14-6-4-3-5-7-14)18(12-27-20)15-8-16(11-25-10-15)21-30-31-24(33)34-21/h8-14H,2-7H2,1H3,(H,31,33)(H2,26,27,29,32). The largest absolute Gasteiger partial charge is 0.434 e. The lowest BCUT2D eigenvalue weighted by Gasteiger charge is -2.19. The van der Waals surface area contributed by atoms with E-state index in [2.05, 4.69) is 36.2 Å². The number of carbonyl (C=O) groups excluding carboxylic acids is 1. The number of pyridine rings is 2. The summed E-state index contributed by atoms with van der Waals surface area (Å²) >= 11 is 1.58. The van der Waals surface area contributed by atoms with Gasteiger partial charge in [-0.05, 0) is 31.9 Å². The van der Waals surface area contributed by atoms with Crippen LogP contribution in [0.1, 0.15) is 50.6 Å². The third-order valence-electron chi connectivity index (χ3n) is 5.99. The van der Waals surface area contributed by atoms with Crippen molar-refractivity contribution in [3.05, 3.63) is 52.3 Å². The molecule has 0 unspecified atom stereocenters. The maximum Gasteiger partial charge on any atom is 0.434 e. The lowest BCUT2D eigenvalue weighted by Crippen LogP contribution is -2.28. The molecular weight excluding hydrogens is 466 g/mol. The molecule has 1 fully saturated rings. The monoisotopic (exact) mass is 491 g/mol. The van der Waals surface area contributed by atoms with Crippen LogP contribution in [-0.4, -0.2) is 37.7 Å². The Morgan fingerprint density at radius 1 is 1.14 bits per heavy atom. The van der Waals surface area contributed by atoms with Crippen LogP contribution in [0, 0.1) is 0 Å². The van der Waals surface area contributed by atoms with Crippen LogP contribution in [0.25, 0.3) is 33.2 Å². The Kier molecular flexibility index (Phi) is 6.66. The van der Waals surface area contributed by atoms with Crippen molar-refractivity contribution in [2.45, 2.75) is 44.9 Å². The molecule has 3 N–H and O–H groups in total. The molecule has 0 spiro atoms. The van der Waals surface area contributed by atoms with Crippen molar-refractivity contribution < 1.29 is 9.21 Å². The van der Waals surface area contributed by atoms with Gasteiger partial charge in [0.05, 0.1) is 11.3 Å². The quantitative estimate of drug-likeness (QED) is 0.352. The third kappa shape index (κ3) is 5.14. The molecule has 5 rings (SSSR count). The number of aromatic amines is 1. The predicted octanol–water partition coefficient (Wildman–Crippen LogP) is 4.80. The SMILES string of the molecule is CCNC(=O)Nc1cc(-c2nc(C3CCCCC3)cs2)c(-c2cncc(-c3n[nH]c(=O)o3)c2)cn1. The average molecular weight is 492 g/mol. The summed E-state index contributed by atoms with van der Waals surface area (Å²) in [5.41, 5.74) is 4.06. The van der Waals surface area contributed by atoms with Gasteiger partial charge < -0.3 is 9.73 Å². The highest BCUT2D eigenvalue weighted by molar-refractivity contribution is 7.13. The minimum atomic E-state index is -0.633. The lowest BCUT2D eigenvalue weighted by molar-refractivity contribution is 0.252. The summed E-state index contributed by atoms with van der Waals surface area (Å²) in [5.74, 6) is 0.430. The molecule has 0 aliphatic heterocycles. The molecule has 2 amide bonds. The number of nitrogens with zero attached hydrogens (tertiary/aromatic N) is 4. The molecule has 0 aromatic carbocycles. The Balaban J connectivity index is 1.55. The number of hydrogen-bond acceptors (Lipinski definition) is 8. The van der Waals surface area contributed by atoms with Crippen molar-refractivity contribution in [3.8, 4) is 33.2 Å². The second kappa shape index (κ2) is 10.2. The summed E-state index contributed by atoms with van der Waals surface area (Å²) in [6, 6.07) is 3.34. The Labute approximate surface area is 205 Å². The molecule has 0 radical (unpaired) electrons. The van der Waals surface area contributed by atoms with E-state index in [4.69, 9.17) is 9.40 Å². The van der Waals surface area contributed by atoms with Gasteiger partial charge in [-0.15, -0.1) is 16.4 Å². The zero-order valence-corrected chi connectivity index (χ0v) is 20.0. The van der Waals surface area contributed by atoms with E-state index in [-0.39, 0.29) is 11.9 Å². The first kappa shape index (κ1) is 22.9. The van der Waals surface area contributed by atoms with Crippen molar-refractivity contribution in [1.29, 1.82) is 0 Å². The number of carbonyl (C=O) groups is 1. The minimum absolute atomic E-state index is 0.155. The van der Waals surface area contributed by atoms with E-state index < -0.39 is 5.76 Å². The van der Waals surface area contributed by atoms with Crippen LogP contribution in [0.3, 0.4) is 0 Å². The zero-order chi connectivity index (χ0) is 24.2. The number of H-pyrrole nitrogens is 1. The number of amides is 2. The Hall–Kier alpha value is -3.86. The molecule has 10 nitrogen and oxygen atoms in total. The number of thiazole rings is 1. The van der Waals surface area contributed by atoms with Gasteiger partial charge >= 0.3 is 11.8 Å². The summed E-state index contributed by atoms with van der Waals surface area (Å²) in [6.45, 7) is 2.36. The van der Waals surface area contributed by atoms with E-state index in [1.54, 1.807) is 29.9 Å². The van der Waals surface area contributed by atoms with Crippen LogP contribution < -0.4 is 16.4 Å². The van der Waals surface area contributed by atoms with Crippen LogP contribution in [0.2, 0.25) is 0 Å². The zero-order valence-electron chi connectivity index (χ0n) is 19.2. The smallest absolute Gasteiger partial charge is 0.388 e. The highest BCUT2D eigenvalue weighted by Crippen LogP contribution is 2.39. The van der Waals surface area contributed by atoms with E-state index in [1.807, 2.05) is 19.1 Å². The van der Waals surface area contributed by atoms with Crippen molar-refractivity contribution in [1.82, 2.24) is 30.5 Å². The maximum absolute atomic E-state index is 12.1. The van der Waals surface area contributed by atoms with Crippen molar-refractivity contribution in [2.75, 3.05) is 11.9 Å². The summed E-state index contributed by atoms with van der Waals surface area (Å²) in [5, 5.41) is 14.6. The molecule has 11 heteroatoms. The lowest BCUT2D eigenvalue weighted by atomic mass is 9.87. The van der Waals surface area contributed by atoms with Gasteiger partial charge in [0.1, 0.15) is 10.8 Å². The summed E-state index contributed by atoms with van der Waals surface area (Å²) in [7, 11) is 0. The summed E-state index contributed by atoms with van der Waals surface area (Å²) < 4.78 is 5.09. The molecule has 0 bridgehead atoms. The molecule has 4 aromatic rings. The van der Waals surface area contributed by atoms with E-state index in [9.17, 15) is 9.59 Å².